The molecule has 0 atom stereocenters. The fraction of sp³-hybridized carbons (Fsp3) is 0.154. The summed E-state index contributed by atoms with van der Waals surface area (Å²) < 4.78 is 21.5. The number of ether oxygens (including phenoxy) is 4. The Balaban J connectivity index is 1.75. The van der Waals surface area contributed by atoms with Crippen LogP contribution in [0.15, 0.2) is 66.7 Å². The van der Waals surface area contributed by atoms with E-state index in [1.807, 2.05) is 0 Å². The highest BCUT2D eigenvalue weighted by atomic mass is 16.5. The van der Waals surface area contributed by atoms with Gasteiger partial charge in [-0.25, -0.2) is 9.78 Å². The highest BCUT2D eigenvalue weighted by Crippen LogP contribution is 2.24. The first-order valence-electron chi connectivity index (χ1n) is 10.5. The Hall–Kier alpha value is -4.66. The third-order valence-corrected chi connectivity index (χ3v) is 5.31. The van der Waals surface area contributed by atoms with Gasteiger partial charge in [0.1, 0.15) is 29.4 Å². The number of ketones is 1. The Morgan fingerprint density at radius 2 is 1.49 bits per heavy atom. The molecule has 9 heteroatoms. The molecule has 0 aliphatic heterocycles. The first-order valence-corrected chi connectivity index (χ1v) is 10.5. The molecule has 0 saturated carbocycles. The van der Waals surface area contributed by atoms with Crippen molar-refractivity contribution in [3.8, 4) is 17.2 Å². The Bertz CT molecular complexity index is 1380. The van der Waals surface area contributed by atoms with Gasteiger partial charge in [0, 0.05) is 11.6 Å². The molecule has 9 nitrogen and oxygen atoms in total. The Morgan fingerprint density at radius 1 is 0.829 bits per heavy atom. The normalized spacial score (nSPS) is 10.6. The molecule has 0 amide bonds. The average molecular weight is 474 g/mol. The molecule has 0 bridgehead atoms. The maximum atomic E-state index is 13.3. The maximum Gasteiger partial charge on any atom is 0.338 e. The minimum atomic E-state index is -0.700. The van der Waals surface area contributed by atoms with Crippen LogP contribution >= 0.6 is 0 Å². The van der Waals surface area contributed by atoms with Gasteiger partial charge in [-0.2, -0.15) is 4.73 Å². The summed E-state index contributed by atoms with van der Waals surface area (Å²) in [4.78, 5) is 30.6. The number of esters is 1. The third-order valence-electron chi connectivity index (χ3n) is 5.31. The van der Waals surface area contributed by atoms with Crippen molar-refractivity contribution < 1.29 is 33.3 Å². The zero-order chi connectivity index (χ0) is 24.9. The van der Waals surface area contributed by atoms with Gasteiger partial charge in [0.15, 0.2) is 5.69 Å². The van der Waals surface area contributed by atoms with E-state index in [0.29, 0.717) is 33.1 Å². The molecule has 0 N–H and O–H groups in total. The first-order chi connectivity index (χ1) is 16.9. The van der Waals surface area contributed by atoms with Crippen molar-refractivity contribution in [2.75, 3.05) is 21.3 Å². The van der Waals surface area contributed by atoms with Crippen molar-refractivity contribution in [1.29, 1.82) is 0 Å². The number of hydrogen-bond acceptors (Lipinski definition) is 8. The Kier molecular flexibility index (Phi) is 6.77. The number of methoxy groups -OCH3 is 3. The number of benzene rings is 3. The molecule has 178 valence electrons. The lowest BCUT2D eigenvalue weighted by atomic mass is 10.1. The molecular weight excluding hydrogens is 452 g/mol. The summed E-state index contributed by atoms with van der Waals surface area (Å²) in [6.45, 7) is -0.406. The summed E-state index contributed by atoms with van der Waals surface area (Å²) in [5, 5.41) is 13.3. The molecular formula is C26H22N2O7. The van der Waals surface area contributed by atoms with E-state index < -0.39 is 18.4 Å². The lowest BCUT2D eigenvalue weighted by Crippen LogP contribution is -2.38. The van der Waals surface area contributed by atoms with Crippen LogP contribution in [0, 0.1) is 5.21 Å². The van der Waals surface area contributed by atoms with Crippen molar-refractivity contribution in [2.45, 2.75) is 6.61 Å². The molecule has 4 aromatic rings. The van der Waals surface area contributed by atoms with Crippen molar-refractivity contribution >= 4 is 22.8 Å². The zero-order valence-corrected chi connectivity index (χ0v) is 19.3. The Labute approximate surface area is 201 Å². The molecule has 0 fully saturated rings. The molecule has 4 rings (SSSR count). The van der Waals surface area contributed by atoms with Gasteiger partial charge in [0.25, 0.3) is 11.5 Å². The van der Waals surface area contributed by atoms with E-state index in [1.54, 1.807) is 48.5 Å². The second kappa shape index (κ2) is 10.1. The van der Waals surface area contributed by atoms with E-state index in [1.165, 1.54) is 39.5 Å². The minimum absolute atomic E-state index is 0.0229. The van der Waals surface area contributed by atoms with Crippen LogP contribution in [0.1, 0.15) is 32.1 Å². The van der Waals surface area contributed by atoms with E-state index in [2.05, 4.69) is 4.98 Å². The number of fused-ring (bicyclic) bond motifs is 1. The highest BCUT2D eigenvalue weighted by Gasteiger charge is 2.28. The zero-order valence-electron chi connectivity index (χ0n) is 19.3. The van der Waals surface area contributed by atoms with E-state index in [9.17, 15) is 14.8 Å². The van der Waals surface area contributed by atoms with Crippen LogP contribution in [-0.4, -0.2) is 38.1 Å². The topological polar surface area (TPSA) is 111 Å². The lowest BCUT2D eigenvalue weighted by molar-refractivity contribution is -0.580. The lowest BCUT2D eigenvalue weighted by Gasteiger charge is -2.13. The average Bonchev–Trinajstić information content (AvgIpc) is 2.91. The predicted octanol–water partition coefficient (Wildman–Crippen LogP) is 3.48. The smallest absolute Gasteiger partial charge is 0.338 e. The van der Waals surface area contributed by atoms with Crippen LogP contribution in [0.3, 0.4) is 0 Å². The third kappa shape index (κ3) is 4.84. The van der Waals surface area contributed by atoms with E-state index in [4.69, 9.17) is 18.9 Å². The molecule has 3 aromatic carbocycles. The van der Waals surface area contributed by atoms with E-state index in [0.717, 1.165) is 0 Å². The van der Waals surface area contributed by atoms with Gasteiger partial charge in [0.2, 0.25) is 5.52 Å². The van der Waals surface area contributed by atoms with Gasteiger partial charge in [0.05, 0.1) is 33.0 Å². The van der Waals surface area contributed by atoms with Gasteiger partial charge in [-0.3, -0.25) is 4.79 Å². The van der Waals surface area contributed by atoms with Crippen LogP contribution in [0.5, 0.6) is 17.2 Å². The largest absolute Gasteiger partial charge is 0.618 e. The van der Waals surface area contributed by atoms with Crippen molar-refractivity contribution in [1.82, 2.24) is 4.98 Å². The van der Waals surface area contributed by atoms with Gasteiger partial charge in [-0.1, -0.05) is 30.3 Å². The van der Waals surface area contributed by atoms with Gasteiger partial charge in [-0.05, 0) is 24.3 Å². The van der Waals surface area contributed by atoms with Crippen LogP contribution in [0.4, 0.5) is 0 Å². The summed E-state index contributed by atoms with van der Waals surface area (Å²) in [5.74, 6) is 0.00677. The fourth-order valence-electron chi connectivity index (χ4n) is 3.52. The number of carbonyl (C=O) groups is 2. The number of carbonyl (C=O) groups excluding carboxylic acids is 2. The van der Waals surface area contributed by atoms with Gasteiger partial charge < -0.3 is 24.2 Å². The van der Waals surface area contributed by atoms with E-state index in [-0.39, 0.29) is 22.5 Å². The summed E-state index contributed by atoms with van der Waals surface area (Å²) in [6.07, 6.45) is 0. The van der Waals surface area contributed by atoms with Crippen LogP contribution in [-0.2, 0) is 11.3 Å². The fourth-order valence-corrected chi connectivity index (χ4v) is 3.52. The second-order valence-corrected chi connectivity index (χ2v) is 7.43. The molecule has 0 saturated heterocycles. The van der Waals surface area contributed by atoms with Crippen LogP contribution in [0.2, 0.25) is 0 Å². The molecule has 1 heterocycles. The van der Waals surface area contributed by atoms with Crippen molar-refractivity contribution in [3.63, 3.8) is 0 Å². The number of rotatable bonds is 8. The minimum Gasteiger partial charge on any atom is -0.618 e. The number of hydrogen-bond donors (Lipinski definition) is 0. The van der Waals surface area contributed by atoms with Crippen molar-refractivity contribution in [3.05, 3.63) is 94.5 Å². The number of aromatic nitrogens is 2. The highest BCUT2D eigenvalue weighted by molar-refractivity contribution is 6.07. The molecule has 0 unspecified atom stereocenters. The van der Waals surface area contributed by atoms with Crippen LogP contribution < -0.4 is 18.9 Å². The summed E-state index contributed by atoms with van der Waals surface area (Å²) in [7, 11) is 4.40. The first kappa shape index (κ1) is 23.5. The molecule has 35 heavy (non-hydrogen) atoms. The van der Waals surface area contributed by atoms with Crippen molar-refractivity contribution in [2.24, 2.45) is 0 Å². The molecule has 0 aliphatic rings. The SMILES string of the molecule is COc1cc(OC)cc(C(=O)OCc2nc3ccc(OC)cc3[n+]([O-])c2C(=O)c2ccccc2)c1. The van der Waals surface area contributed by atoms with Gasteiger partial charge >= 0.3 is 5.97 Å². The monoisotopic (exact) mass is 474 g/mol. The molecule has 0 spiro atoms. The summed E-state index contributed by atoms with van der Waals surface area (Å²) >= 11 is 0. The quantitative estimate of drug-likeness (QED) is 0.165. The van der Waals surface area contributed by atoms with E-state index >= 15 is 0 Å². The predicted molar refractivity (Wildman–Crippen MR) is 126 cm³/mol. The number of nitrogens with zero attached hydrogens (tertiary/aromatic N) is 2. The second-order valence-electron chi connectivity index (χ2n) is 7.43. The standard InChI is InChI=1S/C26H22N2O7/c1-32-18-9-10-21-23(14-18)28(31)24(25(29)16-7-5-4-6-8-16)22(27-21)15-35-26(30)17-11-19(33-2)13-20(12-17)34-3/h4-14H,15H2,1-3H3. The molecule has 1 aromatic heterocycles. The summed E-state index contributed by atoms with van der Waals surface area (Å²) in [6, 6.07) is 17.7. The molecule has 0 aliphatic carbocycles. The van der Waals surface area contributed by atoms with Crippen LogP contribution in [0.25, 0.3) is 11.0 Å². The summed E-state index contributed by atoms with van der Waals surface area (Å²) in [5.41, 5.74) is 0.724. The molecule has 0 radical (unpaired) electrons. The maximum absolute atomic E-state index is 13.3. The Morgan fingerprint density at radius 3 is 2.11 bits per heavy atom. The van der Waals surface area contributed by atoms with Gasteiger partial charge in [-0.15, -0.1) is 0 Å².